The Bertz CT molecular complexity index is 587. The molecule has 0 spiro atoms. The summed E-state index contributed by atoms with van der Waals surface area (Å²) in [4.78, 5) is 33.3. The van der Waals surface area contributed by atoms with Gasteiger partial charge in [-0.15, -0.1) is 0 Å². The molecule has 120 valence electrons. The number of nitrogens with one attached hydrogen (secondary N) is 1. The van der Waals surface area contributed by atoms with E-state index in [2.05, 4.69) is 0 Å². The van der Waals surface area contributed by atoms with E-state index in [0.717, 1.165) is 18.2 Å². The van der Waals surface area contributed by atoms with Crippen LogP contribution in [0.5, 0.6) is 0 Å². The van der Waals surface area contributed by atoms with Gasteiger partial charge in [-0.3, -0.25) is 14.9 Å². The molecule has 0 aromatic heterocycles. The lowest BCUT2D eigenvalue weighted by Gasteiger charge is -2.12. The van der Waals surface area contributed by atoms with E-state index in [-0.39, 0.29) is 5.56 Å². The average molecular weight is 318 g/mol. The van der Waals surface area contributed by atoms with Crippen molar-refractivity contribution in [2.24, 2.45) is 5.73 Å². The van der Waals surface area contributed by atoms with Crippen molar-refractivity contribution < 1.29 is 32.3 Å². The number of alkyl halides is 3. The van der Waals surface area contributed by atoms with Gasteiger partial charge in [0.05, 0.1) is 12.0 Å². The maximum absolute atomic E-state index is 12.5. The summed E-state index contributed by atoms with van der Waals surface area (Å²) in [5.74, 6) is -1.84. The highest BCUT2D eigenvalue weighted by molar-refractivity contribution is 5.96. The third-order valence-electron chi connectivity index (χ3n) is 2.53. The molecule has 0 saturated carbocycles. The molecule has 1 rings (SSSR count). The first kappa shape index (κ1) is 17.5. The summed E-state index contributed by atoms with van der Waals surface area (Å²) in [6.45, 7) is 1.20. The van der Waals surface area contributed by atoms with Crippen molar-refractivity contribution in [3.63, 3.8) is 0 Å². The van der Waals surface area contributed by atoms with Gasteiger partial charge in [0, 0.05) is 0 Å². The van der Waals surface area contributed by atoms with E-state index in [1.807, 2.05) is 0 Å². The number of urea groups is 1. The van der Waals surface area contributed by atoms with Crippen LogP contribution < -0.4 is 11.1 Å². The van der Waals surface area contributed by atoms with E-state index in [9.17, 15) is 27.6 Å². The molecular weight excluding hydrogens is 305 g/mol. The normalized spacial score (nSPS) is 12.4. The number of halogens is 3. The van der Waals surface area contributed by atoms with Gasteiger partial charge in [0.1, 0.15) is 0 Å². The van der Waals surface area contributed by atoms with Crippen molar-refractivity contribution >= 4 is 17.9 Å². The Labute approximate surface area is 123 Å². The van der Waals surface area contributed by atoms with Crippen molar-refractivity contribution in [1.82, 2.24) is 5.32 Å². The lowest BCUT2D eigenvalue weighted by Crippen LogP contribution is -2.42. The summed E-state index contributed by atoms with van der Waals surface area (Å²) < 4.78 is 42.3. The zero-order valence-corrected chi connectivity index (χ0v) is 11.4. The number of imide groups is 1. The highest BCUT2D eigenvalue weighted by atomic mass is 19.4. The minimum absolute atomic E-state index is 0.0855. The number of rotatable bonds is 4. The Hall–Kier alpha value is -2.58. The van der Waals surface area contributed by atoms with Gasteiger partial charge in [0.25, 0.3) is 5.91 Å². The molecule has 0 aliphatic heterocycles. The molecule has 0 fully saturated rings. The van der Waals surface area contributed by atoms with Gasteiger partial charge in [0.15, 0.2) is 6.10 Å². The highest BCUT2D eigenvalue weighted by Crippen LogP contribution is 2.29. The number of amides is 3. The van der Waals surface area contributed by atoms with Gasteiger partial charge < -0.3 is 10.5 Å². The number of ether oxygens (including phenoxy) is 1. The Morgan fingerprint density at radius 2 is 1.95 bits per heavy atom. The topological polar surface area (TPSA) is 98.5 Å². The number of carbonyl (C=O) groups is 3. The lowest BCUT2D eigenvalue weighted by atomic mass is 10.1. The standard InChI is InChI=1S/C13H13F3N2O4/c1-7(11(20)18-12(17)21)22-10(19)6-8-3-2-4-9(5-8)13(14,15)16/h2-5,7H,6H2,1H3,(H3,17,18,20,21)/t7-/m1/s1. The molecule has 0 unspecified atom stereocenters. The molecule has 3 N–H and O–H groups in total. The van der Waals surface area contributed by atoms with E-state index in [1.54, 1.807) is 5.32 Å². The van der Waals surface area contributed by atoms with Crippen LogP contribution in [-0.2, 0) is 26.9 Å². The fourth-order valence-corrected chi connectivity index (χ4v) is 1.54. The summed E-state index contributed by atoms with van der Waals surface area (Å²) in [5.41, 5.74) is 3.92. The monoisotopic (exact) mass is 318 g/mol. The summed E-state index contributed by atoms with van der Waals surface area (Å²) >= 11 is 0. The molecule has 9 heteroatoms. The molecule has 1 atom stereocenters. The van der Waals surface area contributed by atoms with Crippen molar-refractivity contribution in [1.29, 1.82) is 0 Å². The number of benzene rings is 1. The van der Waals surface area contributed by atoms with Gasteiger partial charge in [-0.05, 0) is 18.6 Å². The fourth-order valence-electron chi connectivity index (χ4n) is 1.54. The van der Waals surface area contributed by atoms with Gasteiger partial charge in [-0.2, -0.15) is 13.2 Å². The van der Waals surface area contributed by atoms with E-state index in [0.29, 0.717) is 0 Å². The van der Waals surface area contributed by atoms with Gasteiger partial charge in [-0.25, -0.2) is 4.79 Å². The Balaban J connectivity index is 2.66. The highest BCUT2D eigenvalue weighted by Gasteiger charge is 2.30. The second-order valence-electron chi connectivity index (χ2n) is 4.36. The minimum atomic E-state index is -4.52. The summed E-state index contributed by atoms with van der Waals surface area (Å²) in [6.07, 6.45) is -6.27. The number of carbonyl (C=O) groups excluding carboxylic acids is 3. The zero-order chi connectivity index (χ0) is 16.9. The zero-order valence-electron chi connectivity index (χ0n) is 11.4. The van der Waals surface area contributed by atoms with Crippen molar-refractivity contribution in [2.75, 3.05) is 0 Å². The van der Waals surface area contributed by atoms with Crippen LogP contribution >= 0.6 is 0 Å². The minimum Gasteiger partial charge on any atom is -0.452 e. The molecule has 0 bridgehead atoms. The van der Waals surface area contributed by atoms with Crippen LogP contribution in [0.25, 0.3) is 0 Å². The van der Waals surface area contributed by atoms with E-state index >= 15 is 0 Å². The van der Waals surface area contributed by atoms with Crippen molar-refractivity contribution in [3.8, 4) is 0 Å². The molecule has 6 nitrogen and oxygen atoms in total. The first-order chi connectivity index (χ1) is 10.1. The SMILES string of the molecule is C[C@@H](OC(=O)Cc1cccc(C(F)(F)F)c1)C(=O)NC(N)=O. The smallest absolute Gasteiger partial charge is 0.416 e. The van der Waals surface area contributed by atoms with Crippen molar-refractivity contribution in [2.45, 2.75) is 25.6 Å². The first-order valence-corrected chi connectivity index (χ1v) is 6.05. The molecule has 0 heterocycles. The molecule has 1 aromatic carbocycles. The Kier molecular flexibility index (Phi) is 5.50. The van der Waals surface area contributed by atoms with E-state index in [1.165, 1.54) is 13.0 Å². The summed E-state index contributed by atoms with van der Waals surface area (Å²) in [6, 6.07) is 3.07. The number of primary amides is 1. The Morgan fingerprint density at radius 1 is 1.32 bits per heavy atom. The molecule has 0 saturated heterocycles. The van der Waals surface area contributed by atoms with Gasteiger partial charge in [-0.1, -0.05) is 18.2 Å². The lowest BCUT2D eigenvalue weighted by molar-refractivity contribution is -0.153. The molecule has 22 heavy (non-hydrogen) atoms. The van der Waals surface area contributed by atoms with Crippen LogP contribution in [0.1, 0.15) is 18.1 Å². The predicted octanol–water partition coefficient (Wildman–Crippen LogP) is 1.37. The number of esters is 1. The second kappa shape index (κ2) is 6.92. The maximum atomic E-state index is 12.5. The largest absolute Gasteiger partial charge is 0.452 e. The van der Waals surface area contributed by atoms with Crippen LogP contribution in [0, 0.1) is 0 Å². The third-order valence-corrected chi connectivity index (χ3v) is 2.53. The van der Waals surface area contributed by atoms with E-state index in [4.69, 9.17) is 10.5 Å². The van der Waals surface area contributed by atoms with Crippen LogP contribution in [0.15, 0.2) is 24.3 Å². The summed E-state index contributed by atoms with van der Waals surface area (Å²) in [5, 5.41) is 1.71. The maximum Gasteiger partial charge on any atom is 0.416 e. The summed E-state index contributed by atoms with van der Waals surface area (Å²) in [7, 11) is 0. The van der Waals surface area contributed by atoms with Crippen LogP contribution in [0.2, 0.25) is 0 Å². The van der Waals surface area contributed by atoms with Crippen LogP contribution in [0.3, 0.4) is 0 Å². The molecule has 1 aromatic rings. The van der Waals surface area contributed by atoms with Gasteiger partial charge in [0.2, 0.25) is 0 Å². The third kappa shape index (κ3) is 5.43. The fraction of sp³-hybridized carbons (Fsp3) is 0.308. The van der Waals surface area contributed by atoms with Crippen molar-refractivity contribution in [3.05, 3.63) is 35.4 Å². The number of hydrogen-bond acceptors (Lipinski definition) is 4. The predicted molar refractivity (Wildman–Crippen MR) is 68.4 cm³/mol. The Morgan fingerprint density at radius 3 is 2.50 bits per heavy atom. The van der Waals surface area contributed by atoms with Gasteiger partial charge >= 0.3 is 18.2 Å². The molecule has 3 amide bonds. The first-order valence-electron chi connectivity index (χ1n) is 6.05. The van der Waals surface area contributed by atoms with Crippen LogP contribution in [-0.4, -0.2) is 24.0 Å². The average Bonchev–Trinajstić information content (AvgIpc) is 2.36. The molecule has 0 aliphatic carbocycles. The molecular formula is C13H13F3N2O4. The molecule has 0 aliphatic rings. The van der Waals surface area contributed by atoms with E-state index < -0.39 is 42.2 Å². The van der Waals surface area contributed by atoms with Crippen LogP contribution in [0.4, 0.5) is 18.0 Å². The molecule has 0 radical (unpaired) electrons. The number of hydrogen-bond donors (Lipinski definition) is 2. The quantitative estimate of drug-likeness (QED) is 0.819. The second-order valence-corrected chi connectivity index (χ2v) is 4.36. The number of nitrogens with two attached hydrogens (primary N) is 1.